The van der Waals surface area contributed by atoms with Crippen molar-refractivity contribution in [3.8, 4) is 0 Å². The van der Waals surface area contributed by atoms with Crippen molar-refractivity contribution < 1.29 is 0 Å². The van der Waals surface area contributed by atoms with Crippen molar-refractivity contribution in [1.29, 1.82) is 0 Å². The molecule has 0 bridgehead atoms. The third-order valence-corrected chi connectivity index (χ3v) is 4.10. The minimum Gasteiger partial charge on any atom is -0.311 e. The zero-order chi connectivity index (χ0) is 12.2. The zero-order valence-electron chi connectivity index (χ0n) is 12.0. The predicted octanol–water partition coefficient (Wildman–Crippen LogP) is 4.37. The molecule has 1 rings (SSSR count). The van der Waals surface area contributed by atoms with Gasteiger partial charge in [-0.25, -0.2) is 0 Å². The van der Waals surface area contributed by atoms with Crippen LogP contribution in [0.25, 0.3) is 0 Å². The van der Waals surface area contributed by atoms with Crippen LogP contribution >= 0.6 is 0 Å². The van der Waals surface area contributed by atoms with E-state index >= 15 is 0 Å². The van der Waals surface area contributed by atoms with Crippen LogP contribution in [-0.4, -0.2) is 12.1 Å². The average molecular weight is 225 g/mol. The monoisotopic (exact) mass is 225 g/mol. The normalized spacial score (nSPS) is 29.1. The van der Waals surface area contributed by atoms with E-state index in [0.29, 0.717) is 11.5 Å². The van der Waals surface area contributed by atoms with Crippen LogP contribution in [0, 0.1) is 11.3 Å². The van der Waals surface area contributed by atoms with E-state index < -0.39 is 0 Å². The Morgan fingerprint density at radius 1 is 1.19 bits per heavy atom. The van der Waals surface area contributed by atoms with E-state index in [2.05, 4.69) is 39.9 Å². The second-order valence-corrected chi connectivity index (χ2v) is 6.72. The highest BCUT2D eigenvalue weighted by Gasteiger charge is 2.34. The molecule has 1 heteroatoms. The van der Waals surface area contributed by atoms with Gasteiger partial charge in [-0.15, -0.1) is 0 Å². The topological polar surface area (TPSA) is 12.0 Å². The van der Waals surface area contributed by atoms with E-state index in [0.717, 1.165) is 12.0 Å². The van der Waals surface area contributed by atoms with Crippen molar-refractivity contribution in [2.24, 2.45) is 11.3 Å². The second-order valence-electron chi connectivity index (χ2n) is 6.72. The lowest BCUT2D eigenvalue weighted by atomic mass is 9.69. The first-order valence-corrected chi connectivity index (χ1v) is 7.21. The van der Waals surface area contributed by atoms with Crippen LogP contribution in [0.5, 0.6) is 0 Å². The SMILES string of the molecule is CCCC(C)NC1CCCCC1C(C)(C)C. The molecular weight excluding hydrogens is 194 g/mol. The Bertz CT molecular complexity index is 192. The summed E-state index contributed by atoms with van der Waals surface area (Å²) < 4.78 is 0. The molecule has 0 aromatic heterocycles. The lowest BCUT2D eigenvalue weighted by Gasteiger charge is -2.42. The number of rotatable bonds is 4. The maximum atomic E-state index is 3.88. The van der Waals surface area contributed by atoms with Gasteiger partial charge in [0, 0.05) is 12.1 Å². The number of nitrogens with one attached hydrogen (secondary N) is 1. The molecule has 1 aliphatic rings. The molecule has 1 fully saturated rings. The highest BCUT2D eigenvalue weighted by Crippen LogP contribution is 2.38. The first kappa shape index (κ1) is 14.0. The van der Waals surface area contributed by atoms with Gasteiger partial charge >= 0.3 is 0 Å². The minimum atomic E-state index is 0.462. The summed E-state index contributed by atoms with van der Waals surface area (Å²) in [6.07, 6.45) is 8.26. The van der Waals surface area contributed by atoms with Gasteiger partial charge < -0.3 is 5.32 Å². The minimum absolute atomic E-state index is 0.462. The van der Waals surface area contributed by atoms with Crippen molar-refractivity contribution in [1.82, 2.24) is 5.32 Å². The van der Waals surface area contributed by atoms with Crippen LogP contribution < -0.4 is 5.32 Å². The molecule has 0 aromatic carbocycles. The van der Waals surface area contributed by atoms with Crippen LogP contribution in [0.4, 0.5) is 0 Å². The van der Waals surface area contributed by atoms with E-state index in [4.69, 9.17) is 0 Å². The maximum absolute atomic E-state index is 3.88. The van der Waals surface area contributed by atoms with E-state index in [1.54, 1.807) is 0 Å². The van der Waals surface area contributed by atoms with Gasteiger partial charge in [0.05, 0.1) is 0 Å². The first-order valence-electron chi connectivity index (χ1n) is 7.21. The molecule has 0 aromatic rings. The molecule has 0 radical (unpaired) electrons. The molecule has 0 aliphatic heterocycles. The van der Waals surface area contributed by atoms with Crippen molar-refractivity contribution in [2.75, 3.05) is 0 Å². The number of hydrogen-bond acceptors (Lipinski definition) is 1. The standard InChI is InChI=1S/C15H31N/c1-6-9-12(2)16-14-11-8-7-10-13(14)15(3,4)5/h12-14,16H,6-11H2,1-5H3. The van der Waals surface area contributed by atoms with Gasteiger partial charge in [-0.05, 0) is 37.5 Å². The molecule has 1 saturated carbocycles. The van der Waals surface area contributed by atoms with Crippen LogP contribution in [-0.2, 0) is 0 Å². The van der Waals surface area contributed by atoms with E-state index in [-0.39, 0.29) is 0 Å². The van der Waals surface area contributed by atoms with Crippen LogP contribution in [0.1, 0.15) is 73.1 Å². The molecule has 0 spiro atoms. The highest BCUT2D eigenvalue weighted by atomic mass is 15.0. The molecule has 16 heavy (non-hydrogen) atoms. The van der Waals surface area contributed by atoms with Crippen molar-refractivity contribution in [3.05, 3.63) is 0 Å². The summed E-state index contributed by atoms with van der Waals surface area (Å²) in [7, 11) is 0. The predicted molar refractivity (Wildman–Crippen MR) is 72.7 cm³/mol. The van der Waals surface area contributed by atoms with Crippen LogP contribution in [0.3, 0.4) is 0 Å². The Morgan fingerprint density at radius 2 is 1.81 bits per heavy atom. The molecular formula is C15H31N. The van der Waals surface area contributed by atoms with Gasteiger partial charge in [-0.3, -0.25) is 0 Å². The summed E-state index contributed by atoms with van der Waals surface area (Å²) in [5.41, 5.74) is 0.462. The maximum Gasteiger partial charge on any atom is 0.0103 e. The molecule has 1 aliphatic carbocycles. The smallest absolute Gasteiger partial charge is 0.0103 e. The summed E-state index contributed by atoms with van der Waals surface area (Å²) >= 11 is 0. The van der Waals surface area contributed by atoms with E-state index in [1.807, 2.05) is 0 Å². The van der Waals surface area contributed by atoms with Crippen molar-refractivity contribution >= 4 is 0 Å². The third kappa shape index (κ3) is 4.08. The summed E-state index contributed by atoms with van der Waals surface area (Å²) in [6, 6.07) is 1.45. The largest absolute Gasteiger partial charge is 0.311 e. The Balaban J connectivity index is 2.53. The molecule has 0 amide bonds. The van der Waals surface area contributed by atoms with Gasteiger partial charge in [0.2, 0.25) is 0 Å². The van der Waals surface area contributed by atoms with E-state index in [9.17, 15) is 0 Å². The molecule has 1 nitrogen and oxygen atoms in total. The quantitative estimate of drug-likeness (QED) is 0.749. The summed E-state index contributed by atoms with van der Waals surface area (Å²) in [6.45, 7) is 11.8. The van der Waals surface area contributed by atoms with Gasteiger partial charge in [0.1, 0.15) is 0 Å². The fourth-order valence-corrected chi connectivity index (χ4v) is 3.25. The second kappa shape index (κ2) is 6.05. The summed E-state index contributed by atoms with van der Waals surface area (Å²) in [5, 5.41) is 3.88. The lowest BCUT2D eigenvalue weighted by molar-refractivity contribution is 0.123. The average Bonchev–Trinajstić information content (AvgIpc) is 2.17. The number of hydrogen-bond donors (Lipinski definition) is 1. The van der Waals surface area contributed by atoms with Gasteiger partial charge in [-0.1, -0.05) is 47.0 Å². The Kier molecular flexibility index (Phi) is 5.30. The van der Waals surface area contributed by atoms with Crippen LogP contribution in [0.15, 0.2) is 0 Å². The Labute approximate surface area is 102 Å². The first-order chi connectivity index (χ1) is 7.45. The fourth-order valence-electron chi connectivity index (χ4n) is 3.25. The van der Waals surface area contributed by atoms with Gasteiger partial charge in [0.15, 0.2) is 0 Å². The summed E-state index contributed by atoms with van der Waals surface area (Å²) in [5.74, 6) is 0.862. The van der Waals surface area contributed by atoms with Gasteiger partial charge in [-0.2, -0.15) is 0 Å². The fraction of sp³-hybridized carbons (Fsp3) is 1.00. The van der Waals surface area contributed by atoms with Crippen molar-refractivity contribution in [3.63, 3.8) is 0 Å². The molecule has 3 atom stereocenters. The molecule has 0 heterocycles. The van der Waals surface area contributed by atoms with Crippen LogP contribution in [0.2, 0.25) is 0 Å². The molecule has 1 N–H and O–H groups in total. The highest BCUT2D eigenvalue weighted by molar-refractivity contribution is 4.89. The molecule has 96 valence electrons. The van der Waals surface area contributed by atoms with Gasteiger partial charge in [0.25, 0.3) is 0 Å². The third-order valence-electron chi connectivity index (χ3n) is 4.10. The summed E-state index contributed by atoms with van der Waals surface area (Å²) in [4.78, 5) is 0. The van der Waals surface area contributed by atoms with E-state index in [1.165, 1.54) is 38.5 Å². The van der Waals surface area contributed by atoms with Crippen molar-refractivity contribution in [2.45, 2.75) is 85.2 Å². The Morgan fingerprint density at radius 3 is 2.38 bits per heavy atom. The zero-order valence-corrected chi connectivity index (χ0v) is 12.0. The molecule has 0 saturated heterocycles. The Hall–Kier alpha value is -0.0400. The lowest BCUT2D eigenvalue weighted by Crippen LogP contribution is -2.47. The molecule has 3 unspecified atom stereocenters.